The van der Waals surface area contributed by atoms with Crippen molar-refractivity contribution in [2.45, 2.75) is 39.7 Å². The van der Waals surface area contributed by atoms with Crippen LogP contribution in [-0.2, 0) is 6.54 Å². The van der Waals surface area contributed by atoms with Crippen molar-refractivity contribution >= 4 is 5.96 Å². The Bertz CT molecular complexity index is 464. The smallest absolute Gasteiger partial charge is 0.191 e. The molecule has 1 fully saturated rings. The van der Waals surface area contributed by atoms with E-state index in [1.807, 2.05) is 0 Å². The third-order valence-electron chi connectivity index (χ3n) is 4.02. The van der Waals surface area contributed by atoms with E-state index in [-0.39, 0.29) is 0 Å². The number of hydrogen-bond acceptors (Lipinski definition) is 2. The van der Waals surface area contributed by atoms with Gasteiger partial charge in [0.15, 0.2) is 5.96 Å². The fourth-order valence-electron chi connectivity index (χ4n) is 2.84. The van der Waals surface area contributed by atoms with Crippen LogP contribution in [0.15, 0.2) is 29.3 Å². The van der Waals surface area contributed by atoms with Gasteiger partial charge in [0, 0.05) is 19.6 Å². The van der Waals surface area contributed by atoms with E-state index >= 15 is 0 Å². The zero-order chi connectivity index (χ0) is 15.6. The fourth-order valence-corrected chi connectivity index (χ4v) is 2.84. The van der Waals surface area contributed by atoms with Crippen LogP contribution in [0, 0.1) is 6.92 Å². The second kappa shape index (κ2) is 9.46. The summed E-state index contributed by atoms with van der Waals surface area (Å²) in [5, 5.41) is 6.78. The van der Waals surface area contributed by atoms with Crippen molar-refractivity contribution in [3.05, 3.63) is 35.4 Å². The molecule has 0 radical (unpaired) electrons. The van der Waals surface area contributed by atoms with Gasteiger partial charge in [0.05, 0.1) is 6.54 Å². The van der Waals surface area contributed by atoms with Crippen LogP contribution in [0.3, 0.4) is 0 Å². The second-order valence-electron chi connectivity index (χ2n) is 6.01. The number of nitrogens with zero attached hydrogens (tertiary/aromatic N) is 2. The minimum atomic E-state index is 0.723. The van der Waals surface area contributed by atoms with E-state index < -0.39 is 0 Å². The number of benzene rings is 1. The largest absolute Gasteiger partial charge is 0.357 e. The maximum atomic E-state index is 4.68. The normalized spacial score (nSPS) is 16.5. The molecule has 1 saturated heterocycles. The summed E-state index contributed by atoms with van der Waals surface area (Å²) in [6.07, 6.45) is 4.09. The lowest BCUT2D eigenvalue weighted by Gasteiger charge is -2.26. The van der Waals surface area contributed by atoms with Gasteiger partial charge in [-0.2, -0.15) is 0 Å². The first-order chi connectivity index (χ1) is 10.8. The van der Waals surface area contributed by atoms with Crippen molar-refractivity contribution in [2.24, 2.45) is 4.99 Å². The van der Waals surface area contributed by atoms with E-state index in [1.54, 1.807) is 0 Å². The Morgan fingerprint density at radius 3 is 2.73 bits per heavy atom. The highest BCUT2D eigenvalue weighted by Gasteiger charge is 2.09. The summed E-state index contributed by atoms with van der Waals surface area (Å²) < 4.78 is 0. The van der Waals surface area contributed by atoms with Gasteiger partial charge in [-0.25, -0.2) is 4.99 Å². The highest BCUT2D eigenvalue weighted by molar-refractivity contribution is 5.79. The molecular weight excluding hydrogens is 272 g/mol. The van der Waals surface area contributed by atoms with Gasteiger partial charge in [0.25, 0.3) is 0 Å². The van der Waals surface area contributed by atoms with Crippen molar-refractivity contribution in [3.63, 3.8) is 0 Å². The van der Waals surface area contributed by atoms with Crippen LogP contribution < -0.4 is 10.6 Å². The van der Waals surface area contributed by atoms with Crippen LogP contribution >= 0.6 is 0 Å². The average molecular weight is 302 g/mol. The Kier molecular flexibility index (Phi) is 7.23. The Morgan fingerprint density at radius 2 is 2.00 bits per heavy atom. The molecule has 2 rings (SSSR count). The predicted molar refractivity (Wildman–Crippen MR) is 94.3 cm³/mol. The molecule has 0 amide bonds. The van der Waals surface area contributed by atoms with E-state index in [2.05, 4.69) is 58.6 Å². The molecule has 0 unspecified atom stereocenters. The highest BCUT2D eigenvalue weighted by atomic mass is 15.2. The van der Waals surface area contributed by atoms with Crippen molar-refractivity contribution in [1.82, 2.24) is 15.5 Å². The van der Waals surface area contributed by atoms with Gasteiger partial charge < -0.3 is 15.5 Å². The molecule has 22 heavy (non-hydrogen) atoms. The van der Waals surface area contributed by atoms with E-state index in [0.717, 1.165) is 32.1 Å². The molecule has 4 nitrogen and oxygen atoms in total. The molecule has 1 aliphatic heterocycles. The van der Waals surface area contributed by atoms with E-state index in [1.165, 1.54) is 43.5 Å². The van der Waals surface area contributed by atoms with Crippen LogP contribution in [0.25, 0.3) is 0 Å². The summed E-state index contributed by atoms with van der Waals surface area (Å²) in [6.45, 7) is 10.4. The number of aryl methyl sites for hydroxylation is 1. The van der Waals surface area contributed by atoms with Gasteiger partial charge in [0.1, 0.15) is 0 Å². The highest BCUT2D eigenvalue weighted by Crippen LogP contribution is 2.07. The summed E-state index contributed by atoms with van der Waals surface area (Å²) in [6, 6.07) is 8.54. The SMILES string of the molecule is CCNC(=NCc1cccc(C)c1)NCCN1CCCCC1. The third kappa shape index (κ3) is 6.06. The minimum Gasteiger partial charge on any atom is -0.357 e. The lowest BCUT2D eigenvalue weighted by molar-refractivity contribution is 0.232. The number of likely N-dealkylation sites (tertiary alicyclic amines) is 1. The summed E-state index contributed by atoms with van der Waals surface area (Å²) in [5.74, 6) is 0.918. The summed E-state index contributed by atoms with van der Waals surface area (Å²) in [7, 11) is 0. The summed E-state index contributed by atoms with van der Waals surface area (Å²) in [5.41, 5.74) is 2.55. The summed E-state index contributed by atoms with van der Waals surface area (Å²) >= 11 is 0. The lowest BCUT2D eigenvalue weighted by Crippen LogP contribution is -2.42. The van der Waals surface area contributed by atoms with Gasteiger partial charge >= 0.3 is 0 Å². The molecule has 2 N–H and O–H groups in total. The van der Waals surface area contributed by atoms with Crippen molar-refractivity contribution in [3.8, 4) is 0 Å². The zero-order valence-corrected chi connectivity index (χ0v) is 14.1. The Hall–Kier alpha value is -1.55. The Balaban J connectivity index is 1.79. The van der Waals surface area contributed by atoms with E-state index in [4.69, 9.17) is 0 Å². The number of hydrogen-bond donors (Lipinski definition) is 2. The lowest BCUT2D eigenvalue weighted by atomic mass is 10.1. The number of nitrogens with one attached hydrogen (secondary N) is 2. The molecular formula is C18H30N4. The van der Waals surface area contributed by atoms with Crippen molar-refractivity contribution in [1.29, 1.82) is 0 Å². The summed E-state index contributed by atoms with van der Waals surface area (Å²) in [4.78, 5) is 7.23. The zero-order valence-electron chi connectivity index (χ0n) is 14.1. The Labute approximate surface area is 135 Å². The average Bonchev–Trinajstić information content (AvgIpc) is 2.54. The van der Waals surface area contributed by atoms with Gasteiger partial charge in [0.2, 0.25) is 0 Å². The van der Waals surface area contributed by atoms with Crippen molar-refractivity contribution < 1.29 is 0 Å². The van der Waals surface area contributed by atoms with E-state index in [0.29, 0.717) is 0 Å². The fraction of sp³-hybridized carbons (Fsp3) is 0.611. The van der Waals surface area contributed by atoms with Crippen molar-refractivity contribution in [2.75, 3.05) is 32.7 Å². The molecule has 1 aliphatic rings. The maximum absolute atomic E-state index is 4.68. The van der Waals surface area contributed by atoms with Crippen LogP contribution in [0.1, 0.15) is 37.3 Å². The number of rotatable bonds is 6. The molecule has 1 heterocycles. The molecule has 1 aromatic rings. The van der Waals surface area contributed by atoms with Crippen LogP contribution in [0.2, 0.25) is 0 Å². The first-order valence-corrected chi connectivity index (χ1v) is 8.58. The molecule has 0 aliphatic carbocycles. The molecule has 122 valence electrons. The molecule has 0 bridgehead atoms. The van der Waals surface area contributed by atoms with Gasteiger partial charge in [-0.15, -0.1) is 0 Å². The van der Waals surface area contributed by atoms with Gasteiger partial charge in [-0.05, 0) is 45.3 Å². The van der Waals surface area contributed by atoms with Gasteiger partial charge in [-0.3, -0.25) is 0 Å². The van der Waals surface area contributed by atoms with Crippen LogP contribution in [0.4, 0.5) is 0 Å². The Morgan fingerprint density at radius 1 is 1.18 bits per heavy atom. The molecule has 0 atom stereocenters. The van der Waals surface area contributed by atoms with Crippen LogP contribution in [0.5, 0.6) is 0 Å². The van der Waals surface area contributed by atoms with Gasteiger partial charge in [-0.1, -0.05) is 36.2 Å². The third-order valence-corrected chi connectivity index (χ3v) is 4.02. The first-order valence-electron chi connectivity index (χ1n) is 8.58. The van der Waals surface area contributed by atoms with E-state index in [9.17, 15) is 0 Å². The maximum Gasteiger partial charge on any atom is 0.191 e. The first kappa shape index (κ1) is 16.8. The standard InChI is InChI=1S/C18H30N4/c1-3-19-18(20-10-13-22-11-5-4-6-12-22)21-15-17-9-7-8-16(2)14-17/h7-9,14H,3-6,10-13,15H2,1-2H3,(H2,19,20,21). The number of guanidine groups is 1. The number of aliphatic imine (C=N–C) groups is 1. The molecule has 1 aromatic carbocycles. The topological polar surface area (TPSA) is 39.7 Å². The molecule has 4 heteroatoms. The minimum absolute atomic E-state index is 0.723. The number of piperidine rings is 1. The molecule has 0 saturated carbocycles. The second-order valence-corrected chi connectivity index (χ2v) is 6.01. The molecule has 0 spiro atoms. The quantitative estimate of drug-likeness (QED) is 0.626. The predicted octanol–water partition coefficient (Wildman–Crippen LogP) is 2.54. The van der Waals surface area contributed by atoms with Crippen LogP contribution in [-0.4, -0.2) is 43.6 Å². The molecule has 0 aromatic heterocycles. The monoisotopic (exact) mass is 302 g/mol.